The number of benzene rings is 2. The van der Waals surface area contributed by atoms with E-state index < -0.39 is 5.91 Å². The molecule has 0 aliphatic carbocycles. The van der Waals surface area contributed by atoms with Crippen molar-refractivity contribution in [2.75, 3.05) is 25.7 Å². The van der Waals surface area contributed by atoms with E-state index in [1.165, 1.54) is 0 Å². The summed E-state index contributed by atoms with van der Waals surface area (Å²) in [6, 6.07) is 14.9. The highest BCUT2D eigenvalue weighted by Gasteiger charge is 2.17. The molecule has 0 radical (unpaired) electrons. The Labute approximate surface area is 147 Å². The fourth-order valence-electron chi connectivity index (χ4n) is 2.09. The summed E-state index contributed by atoms with van der Waals surface area (Å²) in [7, 11) is 3.17. The Bertz CT molecular complexity index is 647. The second-order valence-corrected chi connectivity index (χ2v) is 4.43. The summed E-state index contributed by atoms with van der Waals surface area (Å²) in [5.41, 5.74) is 6.95. The SMILES string of the molecule is C=O.C=O.COc1ccc(OC)c(N(CC(N)=O)c2ccccc2)c1. The number of carbonyl (C=O) groups is 3. The zero-order valence-electron chi connectivity index (χ0n) is 14.3. The van der Waals surface area contributed by atoms with Gasteiger partial charge in [-0.25, -0.2) is 0 Å². The third-order valence-electron chi connectivity index (χ3n) is 3.06. The first-order chi connectivity index (χ1) is 12.2. The van der Waals surface area contributed by atoms with Gasteiger partial charge in [0.05, 0.1) is 19.9 Å². The molecule has 0 bridgehead atoms. The van der Waals surface area contributed by atoms with Crippen LogP contribution in [0.25, 0.3) is 0 Å². The summed E-state index contributed by atoms with van der Waals surface area (Å²) in [6.45, 7) is 4.05. The van der Waals surface area contributed by atoms with Crippen LogP contribution in [0.3, 0.4) is 0 Å². The average Bonchev–Trinajstić information content (AvgIpc) is 2.69. The lowest BCUT2D eigenvalue weighted by Gasteiger charge is -2.25. The molecular weight excluding hydrogens is 324 g/mol. The first-order valence-electron chi connectivity index (χ1n) is 7.06. The quantitative estimate of drug-likeness (QED) is 0.858. The highest BCUT2D eigenvalue weighted by molar-refractivity contribution is 5.84. The summed E-state index contributed by atoms with van der Waals surface area (Å²) >= 11 is 0. The maximum absolute atomic E-state index is 11.4. The monoisotopic (exact) mass is 346 g/mol. The average molecular weight is 346 g/mol. The minimum Gasteiger partial charge on any atom is -0.497 e. The highest BCUT2D eigenvalue weighted by Crippen LogP contribution is 2.36. The standard InChI is InChI=1S/C16H18N2O3.2CH2O/c1-20-13-8-9-15(21-2)14(10-13)18(11-16(17)19)12-6-4-3-5-7-12;2*1-2/h3-10H,11H2,1-2H3,(H2,17,19);2*1H2. The van der Waals surface area contributed by atoms with Gasteiger partial charge in [-0.3, -0.25) is 4.79 Å². The number of anilines is 2. The Kier molecular flexibility index (Phi) is 10.5. The Morgan fingerprint density at radius 3 is 2.08 bits per heavy atom. The molecule has 0 aromatic heterocycles. The number of nitrogens with two attached hydrogens (primary N) is 1. The summed E-state index contributed by atoms with van der Waals surface area (Å²) in [5.74, 6) is 0.890. The molecule has 2 aromatic rings. The molecule has 0 fully saturated rings. The first kappa shape index (κ1) is 21.6. The van der Waals surface area contributed by atoms with E-state index in [-0.39, 0.29) is 6.54 Å². The maximum atomic E-state index is 11.4. The van der Waals surface area contributed by atoms with Crippen LogP contribution in [0, 0.1) is 0 Å². The number of amides is 1. The molecule has 0 atom stereocenters. The normalized spacial score (nSPS) is 8.72. The Balaban J connectivity index is 0.00000134. The van der Waals surface area contributed by atoms with Crippen molar-refractivity contribution in [2.45, 2.75) is 0 Å². The van der Waals surface area contributed by atoms with E-state index in [1.54, 1.807) is 31.3 Å². The molecule has 0 aliphatic rings. The number of nitrogens with zero attached hydrogens (tertiary/aromatic N) is 1. The van der Waals surface area contributed by atoms with E-state index in [1.807, 2.05) is 50.0 Å². The predicted octanol–water partition coefficient (Wildman–Crippen LogP) is 1.96. The van der Waals surface area contributed by atoms with Crippen molar-refractivity contribution in [3.8, 4) is 11.5 Å². The smallest absolute Gasteiger partial charge is 0.237 e. The van der Waals surface area contributed by atoms with Crippen LogP contribution in [-0.4, -0.2) is 40.2 Å². The van der Waals surface area contributed by atoms with Crippen molar-refractivity contribution >= 4 is 30.9 Å². The first-order valence-corrected chi connectivity index (χ1v) is 7.06. The van der Waals surface area contributed by atoms with Crippen LogP contribution in [0.2, 0.25) is 0 Å². The molecule has 0 heterocycles. The zero-order valence-corrected chi connectivity index (χ0v) is 14.3. The van der Waals surface area contributed by atoms with Gasteiger partial charge >= 0.3 is 0 Å². The lowest BCUT2D eigenvalue weighted by Crippen LogP contribution is -2.30. The van der Waals surface area contributed by atoms with Gasteiger partial charge in [-0.1, -0.05) is 18.2 Å². The number of hydrogen-bond acceptors (Lipinski definition) is 6. The van der Waals surface area contributed by atoms with E-state index >= 15 is 0 Å². The fraction of sp³-hybridized carbons (Fsp3) is 0.167. The molecule has 2 N–H and O–H groups in total. The van der Waals surface area contributed by atoms with E-state index in [0.29, 0.717) is 11.5 Å². The van der Waals surface area contributed by atoms with Gasteiger partial charge in [0.15, 0.2) is 0 Å². The molecule has 1 amide bonds. The van der Waals surface area contributed by atoms with Crippen LogP contribution in [0.4, 0.5) is 11.4 Å². The van der Waals surface area contributed by atoms with Crippen molar-refractivity contribution < 1.29 is 23.9 Å². The van der Waals surface area contributed by atoms with E-state index in [0.717, 1.165) is 11.4 Å². The molecule has 0 unspecified atom stereocenters. The number of hydrogen-bond donors (Lipinski definition) is 1. The van der Waals surface area contributed by atoms with Crippen LogP contribution in [0.15, 0.2) is 48.5 Å². The number of primary amides is 1. The molecule has 25 heavy (non-hydrogen) atoms. The topological polar surface area (TPSA) is 98.9 Å². The van der Waals surface area contributed by atoms with Crippen LogP contribution in [0.1, 0.15) is 0 Å². The van der Waals surface area contributed by atoms with Crippen molar-refractivity contribution in [3.05, 3.63) is 48.5 Å². The molecule has 7 nitrogen and oxygen atoms in total. The summed E-state index contributed by atoms with van der Waals surface area (Å²) in [5, 5.41) is 0. The third kappa shape index (κ3) is 6.34. The van der Waals surface area contributed by atoms with E-state index in [2.05, 4.69) is 0 Å². The number of ether oxygens (including phenoxy) is 2. The zero-order chi connectivity index (χ0) is 19.2. The Hall–Kier alpha value is -3.35. The molecule has 7 heteroatoms. The second kappa shape index (κ2) is 12.1. The fourth-order valence-corrected chi connectivity index (χ4v) is 2.09. The van der Waals surface area contributed by atoms with E-state index in [4.69, 9.17) is 24.8 Å². The van der Waals surface area contributed by atoms with Gasteiger partial charge in [-0.05, 0) is 24.3 Å². The van der Waals surface area contributed by atoms with Crippen molar-refractivity contribution in [1.82, 2.24) is 0 Å². The molecule has 134 valence electrons. The maximum Gasteiger partial charge on any atom is 0.237 e. The number of para-hydroxylation sites is 1. The van der Waals surface area contributed by atoms with Gasteiger partial charge < -0.3 is 29.7 Å². The molecular formula is C18H22N2O5. The Morgan fingerprint density at radius 2 is 1.60 bits per heavy atom. The molecule has 0 saturated heterocycles. The molecule has 2 aromatic carbocycles. The molecule has 0 aliphatic heterocycles. The third-order valence-corrected chi connectivity index (χ3v) is 3.06. The van der Waals surface area contributed by atoms with Crippen LogP contribution < -0.4 is 20.1 Å². The van der Waals surface area contributed by atoms with Crippen molar-refractivity contribution in [2.24, 2.45) is 5.73 Å². The largest absolute Gasteiger partial charge is 0.497 e. The minimum absolute atomic E-state index is 0.0491. The van der Waals surface area contributed by atoms with Crippen LogP contribution in [-0.2, 0) is 14.4 Å². The van der Waals surface area contributed by atoms with Gasteiger partial charge in [0, 0.05) is 11.8 Å². The number of rotatable bonds is 6. The summed E-state index contributed by atoms with van der Waals surface area (Å²) in [4.78, 5) is 29.2. The van der Waals surface area contributed by atoms with Gasteiger partial charge in [0.1, 0.15) is 31.6 Å². The Morgan fingerprint density at radius 1 is 1.00 bits per heavy atom. The van der Waals surface area contributed by atoms with Crippen LogP contribution in [0.5, 0.6) is 11.5 Å². The van der Waals surface area contributed by atoms with Gasteiger partial charge in [-0.2, -0.15) is 0 Å². The van der Waals surface area contributed by atoms with Crippen molar-refractivity contribution in [1.29, 1.82) is 0 Å². The molecule has 2 rings (SSSR count). The van der Waals surface area contributed by atoms with Gasteiger partial charge in [0.2, 0.25) is 5.91 Å². The second-order valence-electron chi connectivity index (χ2n) is 4.43. The lowest BCUT2D eigenvalue weighted by molar-refractivity contribution is -0.116. The summed E-state index contributed by atoms with van der Waals surface area (Å²) < 4.78 is 10.6. The number of carbonyl (C=O) groups excluding carboxylic acids is 3. The molecule has 0 spiro atoms. The molecule has 0 saturated carbocycles. The lowest BCUT2D eigenvalue weighted by atomic mass is 10.2. The minimum atomic E-state index is -0.427. The van der Waals surface area contributed by atoms with Gasteiger partial charge in [-0.15, -0.1) is 0 Å². The van der Waals surface area contributed by atoms with Gasteiger partial charge in [0.25, 0.3) is 0 Å². The summed E-state index contributed by atoms with van der Waals surface area (Å²) in [6.07, 6.45) is 0. The van der Waals surface area contributed by atoms with E-state index in [9.17, 15) is 4.79 Å². The van der Waals surface area contributed by atoms with Crippen molar-refractivity contribution in [3.63, 3.8) is 0 Å². The van der Waals surface area contributed by atoms with Crippen LogP contribution >= 0.6 is 0 Å². The highest BCUT2D eigenvalue weighted by atomic mass is 16.5. The number of methoxy groups -OCH3 is 2. The predicted molar refractivity (Wildman–Crippen MR) is 96.4 cm³/mol.